The topological polar surface area (TPSA) is 95.0 Å². The van der Waals surface area contributed by atoms with Gasteiger partial charge in [-0.05, 0) is 59.0 Å². The molecule has 9 heteroatoms. The summed E-state index contributed by atoms with van der Waals surface area (Å²) >= 11 is 0. The van der Waals surface area contributed by atoms with Gasteiger partial charge in [-0.2, -0.15) is 10.2 Å². The smallest absolute Gasteiger partial charge is 0.237 e. The summed E-state index contributed by atoms with van der Waals surface area (Å²) in [7, 11) is 6.26. The molecule has 1 aromatic rings. The molecule has 1 amide bonds. The zero-order chi connectivity index (χ0) is 24.6. The summed E-state index contributed by atoms with van der Waals surface area (Å²) < 4.78 is 1.97. The molecular weight excluding hydrogens is 428 g/mol. The zero-order valence-corrected chi connectivity index (χ0v) is 21.7. The normalized spacial score (nSPS) is 29.3. The van der Waals surface area contributed by atoms with Crippen LogP contribution in [0.5, 0.6) is 0 Å². The van der Waals surface area contributed by atoms with Crippen molar-refractivity contribution < 1.29 is 4.79 Å². The number of carbonyl (C=O) groups is 1. The number of hydrazone groups is 1. The molecule has 0 aromatic carbocycles. The molecule has 0 spiro atoms. The first-order valence-electron chi connectivity index (χ1n) is 12.7. The largest absolute Gasteiger partial charge is 0.385 e. The number of rotatable bonds is 6. The Labute approximate surface area is 204 Å². The van der Waals surface area contributed by atoms with E-state index in [4.69, 9.17) is 10.8 Å². The van der Waals surface area contributed by atoms with E-state index in [2.05, 4.69) is 54.3 Å². The van der Waals surface area contributed by atoms with Crippen LogP contribution in [0, 0.1) is 11.3 Å². The Balaban J connectivity index is 1.69. The molecule has 3 unspecified atom stereocenters. The lowest BCUT2D eigenvalue weighted by atomic mass is 9.65. The van der Waals surface area contributed by atoms with E-state index in [-0.39, 0.29) is 17.4 Å². The van der Waals surface area contributed by atoms with Crippen molar-refractivity contribution in [3.63, 3.8) is 0 Å². The first kappa shape index (κ1) is 24.6. The Hall–Kier alpha value is -2.55. The van der Waals surface area contributed by atoms with E-state index in [1.165, 1.54) is 19.3 Å². The van der Waals surface area contributed by atoms with Gasteiger partial charge in [0, 0.05) is 50.1 Å². The molecule has 3 atom stereocenters. The molecule has 3 heterocycles. The van der Waals surface area contributed by atoms with E-state index in [0.29, 0.717) is 18.4 Å². The predicted octanol–water partition coefficient (Wildman–Crippen LogP) is 2.21. The lowest BCUT2D eigenvalue weighted by Gasteiger charge is -2.47. The molecule has 0 radical (unpaired) electrons. The van der Waals surface area contributed by atoms with Crippen LogP contribution in [-0.2, 0) is 11.8 Å². The van der Waals surface area contributed by atoms with E-state index < -0.39 is 5.92 Å². The Morgan fingerprint density at radius 3 is 2.71 bits per heavy atom. The van der Waals surface area contributed by atoms with Crippen molar-refractivity contribution in [2.45, 2.75) is 65.0 Å². The third-order valence-corrected chi connectivity index (χ3v) is 8.19. The number of carbonyl (C=O) groups excluding carboxylic acids is 1. The Morgan fingerprint density at radius 2 is 2.06 bits per heavy atom. The lowest BCUT2D eigenvalue weighted by molar-refractivity contribution is -0.135. The molecule has 9 nitrogen and oxygen atoms in total. The van der Waals surface area contributed by atoms with E-state index in [0.717, 1.165) is 43.0 Å². The van der Waals surface area contributed by atoms with Gasteiger partial charge in [0.15, 0.2) is 0 Å². The van der Waals surface area contributed by atoms with Crippen LogP contribution in [0.3, 0.4) is 0 Å². The summed E-state index contributed by atoms with van der Waals surface area (Å²) in [5.41, 5.74) is 11.2. The van der Waals surface area contributed by atoms with Crippen LogP contribution >= 0.6 is 0 Å². The minimum absolute atomic E-state index is 0.00943. The number of amides is 1. The summed E-state index contributed by atoms with van der Waals surface area (Å²) in [6, 6.07) is 2.71. The van der Waals surface area contributed by atoms with Gasteiger partial charge in [0.25, 0.3) is 0 Å². The van der Waals surface area contributed by atoms with Gasteiger partial charge in [-0.25, -0.2) is 0 Å². The average molecular weight is 471 g/mol. The average Bonchev–Trinajstić information content (AvgIpc) is 3.38. The van der Waals surface area contributed by atoms with E-state index in [9.17, 15) is 4.79 Å². The molecule has 3 aliphatic rings. The summed E-state index contributed by atoms with van der Waals surface area (Å²) in [5, 5.41) is 9.18. The number of nitrogens with zero attached hydrogens (tertiary/aromatic N) is 6. The van der Waals surface area contributed by atoms with Crippen molar-refractivity contribution >= 4 is 23.1 Å². The number of aryl methyl sites for hydroxylation is 1. The van der Waals surface area contributed by atoms with Crippen molar-refractivity contribution in [3.8, 4) is 0 Å². The summed E-state index contributed by atoms with van der Waals surface area (Å²) in [6.45, 7) is 8.80. The fraction of sp³-hybridized carbons (Fsp3) is 0.720. The summed E-state index contributed by atoms with van der Waals surface area (Å²) in [5.74, 6) is 0.948. The Morgan fingerprint density at radius 1 is 1.32 bits per heavy atom. The maximum atomic E-state index is 13.5. The van der Waals surface area contributed by atoms with Crippen molar-refractivity contribution in [2.75, 3.05) is 38.6 Å². The highest BCUT2D eigenvalue weighted by atomic mass is 16.2. The first-order valence-corrected chi connectivity index (χ1v) is 12.7. The third kappa shape index (κ3) is 4.67. The van der Waals surface area contributed by atoms with Crippen LogP contribution in [0.15, 0.2) is 17.4 Å². The molecule has 3 N–H and O–H groups in total. The highest BCUT2D eigenvalue weighted by Gasteiger charge is 2.42. The van der Waals surface area contributed by atoms with Crippen molar-refractivity contribution in [1.82, 2.24) is 25.0 Å². The maximum absolute atomic E-state index is 13.5. The Bertz CT molecular complexity index is 960. The highest BCUT2D eigenvalue weighted by molar-refractivity contribution is 6.02. The molecule has 34 heavy (non-hydrogen) atoms. The molecule has 2 aliphatic heterocycles. The minimum Gasteiger partial charge on any atom is -0.385 e. The number of nitrogens with two attached hydrogens (primary N) is 1. The van der Waals surface area contributed by atoms with Gasteiger partial charge in [0.2, 0.25) is 5.91 Å². The van der Waals surface area contributed by atoms with Gasteiger partial charge in [0.05, 0.1) is 18.2 Å². The van der Waals surface area contributed by atoms with Crippen molar-refractivity contribution in [2.24, 2.45) is 29.2 Å². The molecule has 1 saturated carbocycles. The number of anilines is 1. The number of likely N-dealkylation sites (N-methyl/N-ethyl adjacent to an activating group) is 1. The van der Waals surface area contributed by atoms with Crippen molar-refractivity contribution in [3.05, 3.63) is 18.0 Å². The lowest BCUT2D eigenvalue weighted by Crippen LogP contribution is -2.51. The minimum atomic E-state index is -0.482. The molecule has 188 valence electrons. The number of nitrogens with one attached hydrogen (secondary N) is 1. The SMILES string of the molecule is CC1C(=O)N(C(C)C2(C)CCC2)/C=C(/c2cc(N3CCCC3CN(C)C)n(C)n2)CN/N=C\1N. The molecule has 1 aromatic heterocycles. The van der Waals surface area contributed by atoms with E-state index in [1.54, 1.807) is 0 Å². The number of hydrogen-bond donors (Lipinski definition) is 2. The monoisotopic (exact) mass is 470 g/mol. The van der Waals surface area contributed by atoms with Crippen LogP contribution in [0.2, 0.25) is 0 Å². The highest BCUT2D eigenvalue weighted by Crippen LogP contribution is 2.45. The summed E-state index contributed by atoms with van der Waals surface area (Å²) in [6.07, 6.45) is 7.86. The molecule has 1 saturated heterocycles. The van der Waals surface area contributed by atoms with Gasteiger partial charge in [-0.15, -0.1) is 0 Å². The second-order valence-corrected chi connectivity index (χ2v) is 10.9. The predicted molar refractivity (Wildman–Crippen MR) is 137 cm³/mol. The molecule has 2 fully saturated rings. The second kappa shape index (κ2) is 9.60. The molecule has 1 aliphatic carbocycles. The molecule has 4 rings (SSSR count). The van der Waals surface area contributed by atoms with Gasteiger partial charge >= 0.3 is 0 Å². The zero-order valence-electron chi connectivity index (χ0n) is 21.7. The van der Waals surface area contributed by atoms with Gasteiger partial charge in [-0.3, -0.25) is 9.48 Å². The first-order chi connectivity index (χ1) is 16.1. The van der Waals surface area contributed by atoms with Gasteiger partial charge in [-0.1, -0.05) is 13.3 Å². The standard InChI is InChI=1S/C25H42N8O/c1-17-23(26)28-27-14-19(15-33(24(17)34)18(2)25(3)10-8-11-25)21-13-22(31(6)29-21)32-12-7-9-20(32)16-30(4)5/h13,15,17-18,20,27H,7-12,14,16H2,1-6H3,(H2,26,28)/b19-15+. The van der Waals surface area contributed by atoms with E-state index in [1.807, 2.05) is 29.8 Å². The maximum Gasteiger partial charge on any atom is 0.237 e. The van der Waals surface area contributed by atoms with E-state index >= 15 is 0 Å². The van der Waals surface area contributed by atoms with Crippen LogP contribution in [0.4, 0.5) is 5.82 Å². The Kier molecular flexibility index (Phi) is 6.94. The van der Waals surface area contributed by atoms with Crippen LogP contribution in [0.25, 0.3) is 5.57 Å². The second-order valence-electron chi connectivity index (χ2n) is 10.9. The van der Waals surface area contributed by atoms with Gasteiger partial charge in [0.1, 0.15) is 11.7 Å². The van der Waals surface area contributed by atoms with Gasteiger partial charge < -0.3 is 25.9 Å². The number of amidine groups is 1. The fourth-order valence-electron chi connectivity index (χ4n) is 5.52. The van der Waals surface area contributed by atoms with Crippen LogP contribution in [-0.4, -0.2) is 77.1 Å². The summed E-state index contributed by atoms with van der Waals surface area (Å²) in [4.78, 5) is 20.2. The van der Waals surface area contributed by atoms with Crippen molar-refractivity contribution in [1.29, 1.82) is 0 Å². The molecular formula is C25H42N8O. The quantitative estimate of drug-likeness (QED) is 0.662. The van der Waals surface area contributed by atoms with Crippen LogP contribution < -0.4 is 16.1 Å². The number of aromatic nitrogens is 2. The number of hydrogen-bond acceptors (Lipinski definition) is 7. The molecule has 0 bridgehead atoms. The fourth-order valence-corrected chi connectivity index (χ4v) is 5.52. The third-order valence-electron chi connectivity index (χ3n) is 8.19. The van der Waals surface area contributed by atoms with Crippen LogP contribution in [0.1, 0.15) is 58.6 Å².